The molecule has 2 aromatic carbocycles. The molecular formula is C28H32N6O3. The van der Waals surface area contributed by atoms with Crippen molar-refractivity contribution in [2.75, 3.05) is 19.3 Å². The highest BCUT2D eigenvalue weighted by Gasteiger charge is 2.19. The summed E-state index contributed by atoms with van der Waals surface area (Å²) in [4.78, 5) is 13.7. The number of nitrogens with two attached hydrogens (primary N) is 1. The molecule has 0 saturated carbocycles. The summed E-state index contributed by atoms with van der Waals surface area (Å²) in [5.74, 6) is 0.419. The van der Waals surface area contributed by atoms with E-state index in [4.69, 9.17) is 10.5 Å². The summed E-state index contributed by atoms with van der Waals surface area (Å²) in [7, 11) is 1.74. The van der Waals surface area contributed by atoms with Gasteiger partial charge in [-0.05, 0) is 56.5 Å². The molecule has 0 aliphatic rings. The molecule has 1 amide bonds. The van der Waals surface area contributed by atoms with Gasteiger partial charge in [0.1, 0.15) is 11.4 Å². The maximum Gasteiger partial charge on any atom is 0.410 e. The van der Waals surface area contributed by atoms with E-state index in [1.807, 2.05) is 43.8 Å². The lowest BCUT2D eigenvalue weighted by molar-refractivity contribution is 0.0300. The third-order valence-electron chi connectivity index (χ3n) is 5.76. The lowest BCUT2D eigenvalue weighted by Gasteiger charge is -2.24. The van der Waals surface area contributed by atoms with Gasteiger partial charge < -0.3 is 20.5 Å². The fourth-order valence-corrected chi connectivity index (χ4v) is 3.77. The van der Waals surface area contributed by atoms with E-state index in [9.17, 15) is 9.90 Å². The van der Waals surface area contributed by atoms with Crippen LogP contribution in [0.25, 0.3) is 22.4 Å². The van der Waals surface area contributed by atoms with Crippen molar-refractivity contribution in [2.45, 2.75) is 39.3 Å². The van der Waals surface area contributed by atoms with Crippen LogP contribution in [0.2, 0.25) is 0 Å². The third kappa shape index (κ3) is 6.63. The molecule has 3 N–H and O–H groups in total. The second-order valence-corrected chi connectivity index (χ2v) is 9.94. The Balaban J connectivity index is 1.40. The number of hydrogen-bond acceptors (Lipinski definition) is 7. The summed E-state index contributed by atoms with van der Waals surface area (Å²) in [6.45, 7) is 6.73. The number of benzene rings is 2. The average Bonchev–Trinajstić information content (AvgIpc) is 3.31. The molecule has 9 nitrogen and oxygen atoms in total. The molecule has 0 atom stereocenters. The summed E-state index contributed by atoms with van der Waals surface area (Å²) < 4.78 is 7.23. The molecule has 0 radical (unpaired) electrons. The molecule has 0 unspecified atom stereocenters. The van der Waals surface area contributed by atoms with Gasteiger partial charge in [0, 0.05) is 36.5 Å². The molecule has 192 valence electrons. The molecule has 2 heterocycles. The van der Waals surface area contributed by atoms with Crippen molar-refractivity contribution in [1.82, 2.24) is 24.9 Å². The Morgan fingerprint density at radius 2 is 1.76 bits per heavy atom. The molecule has 4 aromatic rings. The number of aromatic hydroxyl groups is 1. The van der Waals surface area contributed by atoms with Crippen molar-refractivity contribution in [3.8, 4) is 28.1 Å². The quantitative estimate of drug-likeness (QED) is 0.376. The van der Waals surface area contributed by atoms with Crippen LogP contribution < -0.4 is 5.73 Å². The Kier molecular flexibility index (Phi) is 7.42. The number of anilines is 1. The molecule has 37 heavy (non-hydrogen) atoms. The molecule has 0 fully saturated rings. The van der Waals surface area contributed by atoms with E-state index in [1.54, 1.807) is 36.3 Å². The lowest BCUT2D eigenvalue weighted by atomic mass is 10.1. The van der Waals surface area contributed by atoms with Crippen molar-refractivity contribution in [2.24, 2.45) is 0 Å². The maximum atomic E-state index is 12.1. The minimum atomic E-state index is -0.508. The van der Waals surface area contributed by atoms with E-state index in [2.05, 4.69) is 39.6 Å². The number of amides is 1. The van der Waals surface area contributed by atoms with Gasteiger partial charge in [-0.3, -0.25) is 4.68 Å². The summed E-state index contributed by atoms with van der Waals surface area (Å²) in [6.07, 6.45) is 4.06. The average molecular weight is 501 g/mol. The van der Waals surface area contributed by atoms with Crippen LogP contribution in [-0.2, 0) is 17.7 Å². The van der Waals surface area contributed by atoms with Crippen molar-refractivity contribution in [3.05, 3.63) is 78.1 Å². The molecule has 0 spiro atoms. The predicted octanol–water partition coefficient (Wildman–Crippen LogP) is 4.75. The first-order valence-electron chi connectivity index (χ1n) is 12.1. The number of nitrogens with zero attached hydrogens (tertiary/aromatic N) is 5. The smallest absolute Gasteiger partial charge is 0.410 e. The zero-order valence-corrected chi connectivity index (χ0v) is 21.5. The highest BCUT2D eigenvalue weighted by atomic mass is 16.6. The summed E-state index contributed by atoms with van der Waals surface area (Å²) in [5.41, 5.74) is 10.4. The number of nitrogen functional groups attached to an aromatic ring is 1. The number of likely N-dealkylation sites (N-methyl/N-ethyl adjacent to an activating group) is 1. The molecule has 4 rings (SSSR count). The number of ether oxygens (including phenoxy) is 1. The number of phenolic OH excluding ortho intramolecular Hbond substituents is 1. The number of phenols is 1. The fourth-order valence-electron chi connectivity index (χ4n) is 3.77. The lowest BCUT2D eigenvalue weighted by Crippen LogP contribution is -2.35. The second-order valence-electron chi connectivity index (χ2n) is 9.94. The van der Waals surface area contributed by atoms with Crippen LogP contribution in [0, 0.1) is 0 Å². The van der Waals surface area contributed by atoms with Gasteiger partial charge in [-0.15, -0.1) is 10.2 Å². The van der Waals surface area contributed by atoms with Gasteiger partial charge in [0.25, 0.3) is 0 Å². The summed E-state index contributed by atoms with van der Waals surface area (Å²) in [6, 6.07) is 17.0. The normalized spacial score (nSPS) is 11.4. The molecule has 0 aliphatic carbocycles. The van der Waals surface area contributed by atoms with Crippen molar-refractivity contribution < 1.29 is 14.6 Å². The zero-order chi connectivity index (χ0) is 26.6. The van der Waals surface area contributed by atoms with Crippen molar-refractivity contribution >= 4 is 11.9 Å². The van der Waals surface area contributed by atoms with Gasteiger partial charge in [0.2, 0.25) is 0 Å². The van der Waals surface area contributed by atoms with Crippen LogP contribution in [-0.4, -0.2) is 55.3 Å². The molecule has 9 heteroatoms. The van der Waals surface area contributed by atoms with Crippen LogP contribution >= 0.6 is 0 Å². The van der Waals surface area contributed by atoms with Crippen LogP contribution in [0.1, 0.15) is 31.9 Å². The van der Waals surface area contributed by atoms with Crippen LogP contribution in [0.5, 0.6) is 5.75 Å². The summed E-state index contributed by atoms with van der Waals surface area (Å²) >= 11 is 0. The van der Waals surface area contributed by atoms with Gasteiger partial charge in [-0.25, -0.2) is 4.79 Å². The first kappa shape index (κ1) is 25.7. The zero-order valence-electron chi connectivity index (χ0n) is 21.5. The van der Waals surface area contributed by atoms with Gasteiger partial charge in [0.15, 0.2) is 5.82 Å². The third-order valence-corrected chi connectivity index (χ3v) is 5.76. The Bertz CT molecular complexity index is 1380. The van der Waals surface area contributed by atoms with Gasteiger partial charge in [-0.1, -0.05) is 36.4 Å². The molecule has 0 aliphatic heterocycles. The van der Waals surface area contributed by atoms with Gasteiger partial charge in [0.05, 0.1) is 18.4 Å². The molecule has 2 aromatic heterocycles. The molecular weight excluding hydrogens is 468 g/mol. The Hall–Kier alpha value is -4.40. The van der Waals surface area contributed by atoms with E-state index in [1.165, 1.54) is 0 Å². The summed E-state index contributed by atoms with van der Waals surface area (Å²) in [5, 5.41) is 22.9. The monoisotopic (exact) mass is 500 g/mol. The number of para-hydroxylation sites is 1. The van der Waals surface area contributed by atoms with Gasteiger partial charge >= 0.3 is 6.09 Å². The van der Waals surface area contributed by atoms with E-state index in [0.29, 0.717) is 35.7 Å². The Labute approximate surface area is 216 Å². The fraction of sp³-hybridized carbons (Fsp3) is 0.286. The van der Waals surface area contributed by atoms with E-state index in [-0.39, 0.29) is 11.8 Å². The first-order valence-corrected chi connectivity index (χ1v) is 12.1. The SMILES string of the molecule is CN(CCc1ccc(Cn2cc(-c3cc(-c4ccccc4O)nnc3N)cn2)cc1)C(=O)OC(C)(C)C. The largest absolute Gasteiger partial charge is 0.507 e. The van der Waals surface area contributed by atoms with Crippen LogP contribution in [0.4, 0.5) is 10.6 Å². The van der Waals surface area contributed by atoms with Crippen molar-refractivity contribution in [3.63, 3.8) is 0 Å². The van der Waals surface area contributed by atoms with E-state index in [0.717, 1.165) is 23.1 Å². The van der Waals surface area contributed by atoms with Crippen LogP contribution in [0.15, 0.2) is 67.0 Å². The van der Waals surface area contributed by atoms with Gasteiger partial charge in [-0.2, -0.15) is 5.10 Å². The van der Waals surface area contributed by atoms with Crippen molar-refractivity contribution in [1.29, 1.82) is 0 Å². The Morgan fingerprint density at radius 1 is 1.05 bits per heavy atom. The number of carbonyl (C=O) groups excluding carboxylic acids is 1. The molecule has 0 saturated heterocycles. The van der Waals surface area contributed by atoms with E-state index < -0.39 is 5.60 Å². The topological polar surface area (TPSA) is 119 Å². The molecule has 0 bridgehead atoms. The standard InChI is InChI=1S/C28H32N6O3/c1-28(2,3)37-27(36)33(4)14-13-19-9-11-20(12-10-19)17-34-18-21(16-30-34)23-15-24(31-32-26(23)29)22-7-5-6-8-25(22)35/h5-12,15-16,18,35H,13-14,17H2,1-4H3,(H2,29,32). The number of aromatic nitrogens is 4. The Morgan fingerprint density at radius 3 is 2.46 bits per heavy atom. The number of carbonyl (C=O) groups is 1. The van der Waals surface area contributed by atoms with E-state index >= 15 is 0 Å². The highest BCUT2D eigenvalue weighted by Crippen LogP contribution is 2.31. The maximum absolute atomic E-state index is 12.1. The second kappa shape index (κ2) is 10.7. The highest BCUT2D eigenvalue weighted by molar-refractivity contribution is 5.78. The number of hydrogen-bond donors (Lipinski definition) is 2. The van der Waals surface area contributed by atoms with Crippen LogP contribution in [0.3, 0.4) is 0 Å². The first-order chi connectivity index (χ1) is 17.6. The number of rotatable bonds is 7. The minimum absolute atomic E-state index is 0.128. The predicted molar refractivity (Wildman–Crippen MR) is 143 cm³/mol. The minimum Gasteiger partial charge on any atom is -0.507 e.